The number of aromatic nitrogens is 5. The normalized spacial score (nSPS) is 12.7. The lowest BCUT2D eigenvalue weighted by atomic mass is 10.2. The zero-order valence-electron chi connectivity index (χ0n) is 6.75. The first kappa shape index (κ1) is 7.81. The molecule has 0 amide bonds. The molecule has 0 aliphatic heterocycles. The van der Waals surface area contributed by atoms with Crippen LogP contribution in [0.3, 0.4) is 0 Å². The van der Waals surface area contributed by atoms with Gasteiger partial charge in [-0.15, -0.1) is 0 Å². The first-order chi connectivity index (χ1) is 6.38. The van der Waals surface area contributed by atoms with Crippen LogP contribution < -0.4 is 5.73 Å². The lowest BCUT2D eigenvalue weighted by Gasteiger charge is -2.05. The van der Waals surface area contributed by atoms with Crippen LogP contribution in [0.25, 0.3) is 0 Å². The minimum absolute atomic E-state index is 0.392. The fourth-order valence-electron chi connectivity index (χ4n) is 0.976. The highest BCUT2D eigenvalue weighted by Gasteiger charge is 2.12. The van der Waals surface area contributed by atoms with E-state index in [1.165, 1.54) is 6.33 Å². The standard InChI is InChI=1S/C7H8N6/c8-6(7-11-4-12-13-7)5-3-9-1-2-10-5/h1-4,6H,8H2,(H,11,12,13). The number of rotatable bonds is 2. The molecule has 1 unspecified atom stereocenters. The van der Waals surface area contributed by atoms with Crippen molar-refractivity contribution in [2.24, 2.45) is 5.73 Å². The molecule has 6 nitrogen and oxygen atoms in total. The number of nitrogens with two attached hydrogens (primary N) is 1. The Kier molecular flexibility index (Phi) is 1.97. The Bertz CT molecular complexity index is 356. The SMILES string of the molecule is NC(c1cnccn1)c1ncn[nH]1. The number of nitrogens with one attached hydrogen (secondary N) is 1. The molecule has 2 aromatic rings. The molecule has 2 aromatic heterocycles. The quantitative estimate of drug-likeness (QED) is 0.651. The minimum Gasteiger partial charge on any atom is -0.316 e. The number of H-pyrrole nitrogens is 1. The summed E-state index contributed by atoms with van der Waals surface area (Å²) in [4.78, 5) is 11.9. The average molecular weight is 176 g/mol. The number of hydrogen-bond acceptors (Lipinski definition) is 5. The first-order valence-electron chi connectivity index (χ1n) is 3.74. The zero-order valence-corrected chi connectivity index (χ0v) is 6.75. The molecule has 2 heterocycles. The van der Waals surface area contributed by atoms with Crippen molar-refractivity contribution < 1.29 is 0 Å². The molecule has 3 N–H and O–H groups in total. The fourth-order valence-corrected chi connectivity index (χ4v) is 0.976. The Morgan fingerprint density at radius 1 is 1.31 bits per heavy atom. The van der Waals surface area contributed by atoms with Crippen molar-refractivity contribution >= 4 is 0 Å². The van der Waals surface area contributed by atoms with Crippen LogP contribution in [-0.4, -0.2) is 25.1 Å². The maximum absolute atomic E-state index is 5.82. The number of hydrogen-bond donors (Lipinski definition) is 2. The molecule has 0 radical (unpaired) electrons. The summed E-state index contributed by atoms with van der Waals surface area (Å²) in [6.45, 7) is 0. The van der Waals surface area contributed by atoms with E-state index >= 15 is 0 Å². The summed E-state index contributed by atoms with van der Waals surface area (Å²) in [6, 6.07) is -0.392. The van der Waals surface area contributed by atoms with Crippen molar-refractivity contribution in [2.45, 2.75) is 6.04 Å². The van der Waals surface area contributed by atoms with Crippen LogP contribution in [0.2, 0.25) is 0 Å². The van der Waals surface area contributed by atoms with Gasteiger partial charge in [-0.2, -0.15) is 5.10 Å². The third kappa shape index (κ3) is 1.52. The van der Waals surface area contributed by atoms with Crippen molar-refractivity contribution in [2.75, 3.05) is 0 Å². The maximum Gasteiger partial charge on any atom is 0.147 e. The molecule has 1 atom stereocenters. The smallest absolute Gasteiger partial charge is 0.147 e. The van der Waals surface area contributed by atoms with Crippen molar-refractivity contribution in [3.05, 3.63) is 36.4 Å². The van der Waals surface area contributed by atoms with Crippen LogP contribution in [0, 0.1) is 0 Å². The summed E-state index contributed by atoms with van der Waals surface area (Å²) >= 11 is 0. The average Bonchev–Trinajstić information content (AvgIpc) is 2.71. The second kappa shape index (κ2) is 3.28. The minimum atomic E-state index is -0.392. The lowest BCUT2D eigenvalue weighted by molar-refractivity contribution is 0.753. The second-order valence-corrected chi connectivity index (χ2v) is 2.48. The van der Waals surface area contributed by atoms with E-state index in [4.69, 9.17) is 5.73 Å². The van der Waals surface area contributed by atoms with E-state index in [0.29, 0.717) is 11.5 Å². The highest BCUT2D eigenvalue weighted by Crippen LogP contribution is 2.10. The molecule has 0 saturated heterocycles. The largest absolute Gasteiger partial charge is 0.316 e. The monoisotopic (exact) mass is 176 g/mol. The van der Waals surface area contributed by atoms with Gasteiger partial charge in [0.05, 0.1) is 11.9 Å². The molecular weight excluding hydrogens is 168 g/mol. The van der Waals surface area contributed by atoms with Crippen LogP contribution in [0.5, 0.6) is 0 Å². The number of nitrogens with zero attached hydrogens (tertiary/aromatic N) is 4. The van der Waals surface area contributed by atoms with Crippen LogP contribution >= 0.6 is 0 Å². The lowest BCUT2D eigenvalue weighted by Crippen LogP contribution is -2.15. The van der Waals surface area contributed by atoms with Gasteiger partial charge in [0, 0.05) is 12.4 Å². The third-order valence-corrected chi connectivity index (χ3v) is 1.63. The molecule has 13 heavy (non-hydrogen) atoms. The van der Waals surface area contributed by atoms with Crippen molar-refractivity contribution in [1.82, 2.24) is 25.1 Å². The highest BCUT2D eigenvalue weighted by atomic mass is 15.2. The van der Waals surface area contributed by atoms with Gasteiger partial charge >= 0.3 is 0 Å². The summed E-state index contributed by atoms with van der Waals surface area (Å²) in [7, 11) is 0. The predicted molar refractivity (Wildman–Crippen MR) is 44.4 cm³/mol. The van der Waals surface area contributed by atoms with Gasteiger partial charge in [0.2, 0.25) is 0 Å². The van der Waals surface area contributed by atoms with E-state index in [0.717, 1.165) is 0 Å². The molecule has 0 aromatic carbocycles. The van der Waals surface area contributed by atoms with Crippen LogP contribution in [0.4, 0.5) is 0 Å². The van der Waals surface area contributed by atoms with E-state index in [9.17, 15) is 0 Å². The Labute approximate surface area is 74.2 Å². The highest BCUT2D eigenvalue weighted by molar-refractivity contribution is 5.11. The maximum atomic E-state index is 5.82. The van der Waals surface area contributed by atoms with Crippen molar-refractivity contribution in [1.29, 1.82) is 0 Å². The third-order valence-electron chi connectivity index (χ3n) is 1.63. The molecule has 0 aliphatic rings. The van der Waals surface area contributed by atoms with Gasteiger partial charge < -0.3 is 5.73 Å². The van der Waals surface area contributed by atoms with E-state index in [1.807, 2.05) is 0 Å². The molecule has 6 heteroatoms. The Hall–Kier alpha value is -1.82. The molecule has 2 rings (SSSR count). The van der Waals surface area contributed by atoms with Gasteiger partial charge in [0.1, 0.15) is 18.2 Å². The van der Waals surface area contributed by atoms with Gasteiger partial charge in [-0.1, -0.05) is 0 Å². The Morgan fingerprint density at radius 2 is 2.23 bits per heavy atom. The molecule has 0 spiro atoms. The summed E-state index contributed by atoms with van der Waals surface area (Å²) in [5, 5.41) is 6.39. The van der Waals surface area contributed by atoms with Gasteiger partial charge in [-0.3, -0.25) is 15.1 Å². The Balaban J connectivity index is 2.29. The molecule has 0 aliphatic carbocycles. The van der Waals surface area contributed by atoms with E-state index in [-0.39, 0.29) is 0 Å². The van der Waals surface area contributed by atoms with Gasteiger partial charge in [0.25, 0.3) is 0 Å². The summed E-state index contributed by atoms with van der Waals surface area (Å²) in [6.07, 6.45) is 6.20. The van der Waals surface area contributed by atoms with E-state index in [1.54, 1.807) is 18.6 Å². The summed E-state index contributed by atoms with van der Waals surface area (Å²) in [5.41, 5.74) is 6.49. The second-order valence-electron chi connectivity index (χ2n) is 2.48. The molecule has 0 fully saturated rings. The topological polar surface area (TPSA) is 93.4 Å². The molecule has 66 valence electrons. The van der Waals surface area contributed by atoms with Crippen molar-refractivity contribution in [3.8, 4) is 0 Å². The molecular formula is C7H8N6. The molecule has 0 bridgehead atoms. The van der Waals surface area contributed by atoms with Gasteiger partial charge in [-0.05, 0) is 0 Å². The van der Waals surface area contributed by atoms with Crippen LogP contribution in [0.15, 0.2) is 24.9 Å². The van der Waals surface area contributed by atoms with Crippen LogP contribution in [-0.2, 0) is 0 Å². The zero-order chi connectivity index (χ0) is 9.10. The molecule has 0 saturated carbocycles. The van der Waals surface area contributed by atoms with Crippen molar-refractivity contribution in [3.63, 3.8) is 0 Å². The Morgan fingerprint density at radius 3 is 2.85 bits per heavy atom. The van der Waals surface area contributed by atoms with Crippen LogP contribution in [0.1, 0.15) is 17.6 Å². The fraction of sp³-hybridized carbons (Fsp3) is 0.143. The van der Waals surface area contributed by atoms with E-state index < -0.39 is 6.04 Å². The number of aromatic amines is 1. The first-order valence-corrected chi connectivity index (χ1v) is 3.74. The summed E-state index contributed by atoms with van der Waals surface area (Å²) < 4.78 is 0. The predicted octanol–water partition coefficient (Wildman–Crippen LogP) is -0.357. The van der Waals surface area contributed by atoms with Gasteiger partial charge in [-0.25, -0.2) is 4.98 Å². The summed E-state index contributed by atoms with van der Waals surface area (Å²) in [5.74, 6) is 0.584. The van der Waals surface area contributed by atoms with Gasteiger partial charge in [0.15, 0.2) is 0 Å². The van der Waals surface area contributed by atoms with E-state index in [2.05, 4.69) is 25.1 Å².